The summed E-state index contributed by atoms with van der Waals surface area (Å²) >= 11 is 0. The zero-order valence-electron chi connectivity index (χ0n) is 15.7. The molecule has 144 valence electrons. The first kappa shape index (κ1) is 18.5. The predicted octanol–water partition coefficient (Wildman–Crippen LogP) is 4.04. The van der Waals surface area contributed by atoms with E-state index in [-0.39, 0.29) is 11.5 Å². The van der Waals surface area contributed by atoms with Crippen molar-refractivity contribution in [2.45, 2.75) is 13.2 Å². The molecule has 2 N–H and O–H groups in total. The average molecular weight is 384 g/mol. The van der Waals surface area contributed by atoms with Gasteiger partial charge in [0, 0.05) is 23.5 Å². The summed E-state index contributed by atoms with van der Waals surface area (Å²) in [6, 6.07) is 24.7. The SMILES string of the molecule is O=C(NCc1ccc(OCc2ccccc2)cc1)c1c[nH]c(=O)c2ccccc12. The summed E-state index contributed by atoms with van der Waals surface area (Å²) < 4.78 is 5.78. The summed E-state index contributed by atoms with van der Waals surface area (Å²) in [5, 5.41) is 4.04. The molecule has 5 nitrogen and oxygen atoms in total. The fourth-order valence-electron chi connectivity index (χ4n) is 3.12. The maximum atomic E-state index is 12.6. The van der Waals surface area contributed by atoms with Gasteiger partial charge in [-0.1, -0.05) is 60.7 Å². The number of H-pyrrole nitrogens is 1. The number of ether oxygens (including phenoxy) is 1. The van der Waals surface area contributed by atoms with E-state index in [1.807, 2.05) is 60.7 Å². The van der Waals surface area contributed by atoms with Crippen molar-refractivity contribution >= 4 is 16.7 Å². The van der Waals surface area contributed by atoms with E-state index in [0.29, 0.717) is 29.5 Å². The number of benzene rings is 3. The van der Waals surface area contributed by atoms with Gasteiger partial charge in [-0.3, -0.25) is 9.59 Å². The third-order valence-corrected chi connectivity index (χ3v) is 4.68. The Labute approximate surface area is 168 Å². The number of rotatable bonds is 6. The van der Waals surface area contributed by atoms with Gasteiger partial charge in [-0.2, -0.15) is 0 Å². The minimum Gasteiger partial charge on any atom is -0.489 e. The van der Waals surface area contributed by atoms with Gasteiger partial charge in [-0.25, -0.2) is 0 Å². The largest absolute Gasteiger partial charge is 0.489 e. The lowest BCUT2D eigenvalue weighted by atomic mass is 10.1. The highest BCUT2D eigenvalue weighted by Crippen LogP contribution is 2.16. The van der Waals surface area contributed by atoms with Gasteiger partial charge in [0.1, 0.15) is 12.4 Å². The molecule has 5 heteroatoms. The first-order valence-electron chi connectivity index (χ1n) is 9.35. The van der Waals surface area contributed by atoms with Gasteiger partial charge in [0.25, 0.3) is 11.5 Å². The monoisotopic (exact) mass is 384 g/mol. The van der Waals surface area contributed by atoms with E-state index in [1.54, 1.807) is 18.2 Å². The van der Waals surface area contributed by atoms with Crippen LogP contribution in [-0.4, -0.2) is 10.9 Å². The van der Waals surface area contributed by atoms with Crippen LogP contribution in [0.2, 0.25) is 0 Å². The zero-order chi connectivity index (χ0) is 20.1. The van der Waals surface area contributed by atoms with Crippen molar-refractivity contribution in [3.63, 3.8) is 0 Å². The van der Waals surface area contributed by atoms with Gasteiger partial charge in [0.15, 0.2) is 0 Å². The van der Waals surface area contributed by atoms with Crippen LogP contribution in [0.15, 0.2) is 89.9 Å². The van der Waals surface area contributed by atoms with Crippen LogP contribution in [0, 0.1) is 0 Å². The van der Waals surface area contributed by atoms with Gasteiger partial charge in [-0.15, -0.1) is 0 Å². The highest BCUT2D eigenvalue weighted by molar-refractivity contribution is 6.06. The number of nitrogens with one attached hydrogen (secondary N) is 2. The van der Waals surface area contributed by atoms with E-state index in [4.69, 9.17) is 4.74 Å². The van der Waals surface area contributed by atoms with Crippen LogP contribution in [0.3, 0.4) is 0 Å². The number of hydrogen-bond donors (Lipinski definition) is 2. The number of pyridine rings is 1. The first-order chi connectivity index (χ1) is 14.2. The Hall–Kier alpha value is -3.86. The van der Waals surface area contributed by atoms with Gasteiger partial charge < -0.3 is 15.0 Å². The van der Waals surface area contributed by atoms with Crippen LogP contribution in [0.4, 0.5) is 0 Å². The molecule has 0 saturated carbocycles. The number of aromatic nitrogens is 1. The molecular weight excluding hydrogens is 364 g/mol. The van der Waals surface area contributed by atoms with Crippen LogP contribution in [-0.2, 0) is 13.2 Å². The highest BCUT2D eigenvalue weighted by Gasteiger charge is 2.11. The maximum Gasteiger partial charge on any atom is 0.255 e. The first-order valence-corrected chi connectivity index (χ1v) is 9.35. The molecule has 4 aromatic rings. The minimum absolute atomic E-state index is 0.205. The molecule has 0 radical (unpaired) electrons. The van der Waals surface area contributed by atoms with Crippen LogP contribution in [0.5, 0.6) is 5.75 Å². The van der Waals surface area contributed by atoms with Crippen molar-refractivity contribution in [1.82, 2.24) is 10.3 Å². The molecule has 0 fully saturated rings. The molecule has 1 aromatic heterocycles. The summed E-state index contributed by atoms with van der Waals surface area (Å²) in [5.41, 5.74) is 2.31. The van der Waals surface area contributed by atoms with E-state index in [1.165, 1.54) is 6.20 Å². The molecule has 0 unspecified atom stereocenters. The number of amides is 1. The fourth-order valence-corrected chi connectivity index (χ4v) is 3.12. The van der Waals surface area contributed by atoms with Crippen molar-refractivity contribution in [3.05, 3.63) is 112 Å². The normalized spacial score (nSPS) is 10.6. The van der Waals surface area contributed by atoms with Crippen LogP contribution < -0.4 is 15.6 Å². The Morgan fingerprint density at radius 3 is 2.28 bits per heavy atom. The Bertz CT molecular complexity index is 1180. The molecule has 0 saturated heterocycles. The zero-order valence-corrected chi connectivity index (χ0v) is 15.7. The van der Waals surface area contributed by atoms with Crippen molar-refractivity contribution in [1.29, 1.82) is 0 Å². The van der Waals surface area contributed by atoms with Gasteiger partial charge in [-0.05, 0) is 29.3 Å². The fraction of sp³-hybridized carbons (Fsp3) is 0.0833. The Morgan fingerprint density at radius 2 is 1.52 bits per heavy atom. The molecule has 0 aliphatic carbocycles. The van der Waals surface area contributed by atoms with E-state index >= 15 is 0 Å². The molecule has 4 rings (SSSR count). The summed E-state index contributed by atoms with van der Waals surface area (Å²) in [6.45, 7) is 0.890. The van der Waals surface area contributed by atoms with Crippen molar-refractivity contribution in [2.75, 3.05) is 0 Å². The summed E-state index contributed by atoms with van der Waals surface area (Å²) in [5.74, 6) is 0.539. The Balaban J connectivity index is 1.39. The quantitative estimate of drug-likeness (QED) is 0.527. The number of carbonyl (C=O) groups is 1. The van der Waals surface area contributed by atoms with Crippen LogP contribution in [0.25, 0.3) is 10.8 Å². The number of hydrogen-bond acceptors (Lipinski definition) is 3. The Morgan fingerprint density at radius 1 is 0.828 bits per heavy atom. The third kappa shape index (κ3) is 4.35. The van der Waals surface area contributed by atoms with Gasteiger partial charge in [0.05, 0.1) is 5.56 Å². The molecule has 0 atom stereocenters. The van der Waals surface area contributed by atoms with Gasteiger partial charge >= 0.3 is 0 Å². The van der Waals surface area contributed by atoms with E-state index in [2.05, 4.69) is 10.3 Å². The second-order valence-electron chi connectivity index (χ2n) is 6.68. The standard InChI is InChI=1S/C24H20N2O3/c27-23-21-9-5-4-8-20(21)22(15-26-23)24(28)25-14-17-10-12-19(13-11-17)29-16-18-6-2-1-3-7-18/h1-13,15H,14,16H2,(H,25,28)(H,26,27). The minimum atomic E-state index is -0.234. The molecule has 1 heterocycles. The lowest BCUT2D eigenvalue weighted by Crippen LogP contribution is -2.24. The smallest absolute Gasteiger partial charge is 0.255 e. The predicted molar refractivity (Wildman–Crippen MR) is 113 cm³/mol. The topological polar surface area (TPSA) is 71.2 Å². The van der Waals surface area contributed by atoms with Gasteiger partial charge in [0.2, 0.25) is 0 Å². The number of fused-ring (bicyclic) bond motifs is 1. The molecule has 0 aliphatic rings. The van der Waals surface area contributed by atoms with E-state index in [9.17, 15) is 9.59 Å². The van der Waals surface area contributed by atoms with E-state index < -0.39 is 0 Å². The molecule has 29 heavy (non-hydrogen) atoms. The third-order valence-electron chi connectivity index (χ3n) is 4.68. The van der Waals surface area contributed by atoms with Crippen LogP contribution >= 0.6 is 0 Å². The lowest BCUT2D eigenvalue weighted by molar-refractivity contribution is 0.0952. The molecule has 0 bridgehead atoms. The molecule has 0 aliphatic heterocycles. The molecule has 1 amide bonds. The summed E-state index contributed by atoms with van der Waals surface area (Å²) in [6.07, 6.45) is 1.46. The second kappa shape index (κ2) is 8.44. The summed E-state index contributed by atoms with van der Waals surface area (Å²) in [7, 11) is 0. The average Bonchev–Trinajstić information content (AvgIpc) is 2.78. The maximum absolute atomic E-state index is 12.6. The number of aromatic amines is 1. The molecular formula is C24H20N2O3. The van der Waals surface area contributed by atoms with E-state index in [0.717, 1.165) is 16.9 Å². The lowest BCUT2D eigenvalue weighted by Gasteiger charge is -2.09. The molecule has 0 spiro atoms. The molecule has 3 aromatic carbocycles. The Kier molecular flexibility index (Phi) is 5.38. The second-order valence-corrected chi connectivity index (χ2v) is 6.68. The van der Waals surface area contributed by atoms with Crippen LogP contribution in [0.1, 0.15) is 21.5 Å². The summed E-state index contributed by atoms with van der Waals surface area (Å²) in [4.78, 5) is 27.1. The number of carbonyl (C=O) groups excluding carboxylic acids is 1. The van der Waals surface area contributed by atoms with Crippen molar-refractivity contribution in [2.24, 2.45) is 0 Å². The highest BCUT2D eigenvalue weighted by atomic mass is 16.5. The van der Waals surface area contributed by atoms with Crippen molar-refractivity contribution < 1.29 is 9.53 Å². The van der Waals surface area contributed by atoms with Crippen molar-refractivity contribution in [3.8, 4) is 5.75 Å².